The van der Waals surface area contributed by atoms with Gasteiger partial charge in [0.05, 0.1) is 11.0 Å². The summed E-state index contributed by atoms with van der Waals surface area (Å²) >= 11 is 1.68. The van der Waals surface area contributed by atoms with Gasteiger partial charge in [-0.2, -0.15) is 0 Å². The molecule has 0 saturated heterocycles. The van der Waals surface area contributed by atoms with Crippen molar-refractivity contribution in [2.45, 2.75) is 26.4 Å². The number of nitrogens with zero attached hydrogens (tertiary/aromatic N) is 1. The molecule has 0 fully saturated rings. The summed E-state index contributed by atoms with van der Waals surface area (Å²) in [4.78, 5) is 12.2. The van der Waals surface area contributed by atoms with Crippen LogP contribution in [0.5, 0.6) is 11.5 Å². The second kappa shape index (κ2) is 6.55. The topological polar surface area (TPSA) is 73.6 Å². The van der Waals surface area contributed by atoms with Gasteiger partial charge in [-0.15, -0.1) is 11.3 Å². The number of hydrogen-bond acceptors (Lipinski definition) is 6. The molecule has 122 valence electrons. The highest BCUT2D eigenvalue weighted by molar-refractivity contribution is 7.10. The molecular weight excluding hydrogens is 316 g/mol. The SMILES string of the molecule is CC(C)C(NCc1cc2c(cc1[N+](=O)[O-])OCO2)c1cccs1. The van der Waals surface area contributed by atoms with Gasteiger partial charge < -0.3 is 14.8 Å². The van der Waals surface area contributed by atoms with Crippen LogP contribution < -0.4 is 14.8 Å². The number of ether oxygens (including phenoxy) is 2. The van der Waals surface area contributed by atoms with Gasteiger partial charge in [-0.05, 0) is 23.4 Å². The Morgan fingerprint density at radius 3 is 2.70 bits per heavy atom. The Balaban J connectivity index is 1.83. The number of rotatable bonds is 6. The third kappa shape index (κ3) is 3.30. The monoisotopic (exact) mass is 334 g/mol. The summed E-state index contributed by atoms with van der Waals surface area (Å²) in [5.74, 6) is 1.37. The molecule has 0 saturated carbocycles. The molecule has 0 spiro atoms. The molecular formula is C16H18N2O4S. The molecule has 1 aliphatic heterocycles. The number of thiophene rings is 1. The third-order valence-electron chi connectivity index (χ3n) is 3.80. The first kappa shape index (κ1) is 15.8. The molecule has 1 atom stereocenters. The zero-order valence-electron chi connectivity index (χ0n) is 12.9. The largest absolute Gasteiger partial charge is 0.454 e. The average Bonchev–Trinajstić information content (AvgIpc) is 3.16. The lowest BCUT2D eigenvalue weighted by Gasteiger charge is -2.21. The van der Waals surface area contributed by atoms with Crippen molar-refractivity contribution in [3.8, 4) is 11.5 Å². The molecule has 1 aromatic carbocycles. The van der Waals surface area contributed by atoms with E-state index in [0.29, 0.717) is 29.5 Å². The Kier molecular flexibility index (Phi) is 4.49. The third-order valence-corrected chi connectivity index (χ3v) is 4.75. The highest BCUT2D eigenvalue weighted by atomic mass is 32.1. The van der Waals surface area contributed by atoms with Gasteiger partial charge in [-0.3, -0.25) is 10.1 Å². The minimum absolute atomic E-state index is 0.0513. The van der Waals surface area contributed by atoms with E-state index < -0.39 is 0 Å². The van der Waals surface area contributed by atoms with Gasteiger partial charge in [0.15, 0.2) is 11.5 Å². The van der Waals surface area contributed by atoms with Gasteiger partial charge in [0, 0.05) is 23.0 Å². The lowest BCUT2D eigenvalue weighted by molar-refractivity contribution is -0.385. The fourth-order valence-corrected chi connectivity index (χ4v) is 3.61. The van der Waals surface area contributed by atoms with Gasteiger partial charge in [-0.1, -0.05) is 19.9 Å². The number of nitrogens with one attached hydrogen (secondary N) is 1. The molecule has 7 heteroatoms. The van der Waals surface area contributed by atoms with Gasteiger partial charge in [0.2, 0.25) is 6.79 Å². The maximum Gasteiger partial charge on any atom is 0.277 e. The number of nitro benzene ring substituents is 1. The van der Waals surface area contributed by atoms with Gasteiger partial charge in [0.25, 0.3) is 5.69 Å². The summed E-state index contributed by atoms with van der Waals surface area (Å²) in [7, 11) is 0. The van der Waals surface area contributed by atoms with Gasteiger partial charge >= 0.3 is 0 Å². The maximum absolute atomic E-state index is 11.3. The van der Waals surface area contributed by atoms with Crippen LogP contribution in [-0.2, 0) is 6.54 Å². The minimum atomic E-state index is -0.380. The first-order chi connectivity index (χ1) is 11.1. The summed E-state index contributed by atoms with van der Waals surface area (Å²) in [6.07, 6.45) is 0. The van der Waals surface area contributed by atoms with Crippen LogP contribution in [0.4, 0.5) is 5.69 Å². The van der Waals surface area contributed by atoms with E-state index in [9.17, 15) is 10.1 Å². The first-order valence-electron chi connectivity index (χ1n) is 7.40. The van der Waals surface area contributed by atoms with Crippen LogP contribution in [-0.4, -0.2) is 11.7 Å². The van der Waals surface area contributed by atoms with E-state index in [-0.39, 0.29) is 23.4 Å². The number of hydrogen-bond donors (Lipinski definition) is 1. The lowest BCUT2D eigenvalue weighted by atomic mass is 10.0. The number of benzene rings is 1. The molecule has 0 radical (unpaired) electrons. The molecule has 23 heavy (non-hydrogen) atoms. The predicted octanol–water partition coefficient (Wildman–Crippen LogP) is 3.87. The van der Waals surface area contributed by atoms with Crippen molar-refractivity contribution in [1.29, 1.82) is 0 Å². The van der Waals surface area contributed by atoms with E-state index in [1.807, 2.05) is 11.4 Å². The smallest absolute Gasteiger partial charge is 0.277 e. The minimum Gasteiger partial charge on any atom is -0.454 e. The molecule has 2 aromatic rings. The second-order valence-corrected chi connectivity index (χ2v) is 6.69. The Morgan fingerprint density at radius 1 is 1.35 bits per heavy atom. The second-order valence-electron chi connectivity index (χ2n) is 5.71. The van der Waals surface area contributed by atoms with E-state index in [4.69, 9.17) is 9.47 Å². The van der Waals surface area contributed by atoms with Crippen LogP contribution in [0.3, 0.4) is 0 Å². The van der Waals surface area contributed by atoms with Crippen molar-refractivity contribution in [2.24, 2.45) is 5.92 Å². The molecule has 1 unspecified atom stereocenters. The average molecular weight is 334 g/mol. The summed E-state index contributed by atoms with van der Waals surface area (Å²) in [5, 5.41) is 16.8. The Hall–Kier alpha value is -2.12. The van der Waals surface area contributed by atoms with Crippen LogP contribution in [0.15, 0.2) is 29.6 Å². The lowest BCUT2D eigenvalue weighted by Crippen LogP contribution is -2.25. The molecule has 1 aliphatic rings. The fraction of sp³-hybridized carbons (Fsp3) is 0.375. The molecule has 3 rings (SSSR count). The van der Waals surface area contributed by atoms with Crippen molar-refractivity contribution in [2.75, 3.05) is 6.79 Å². The summed E-state index contributed by atoms with van der Waals surface area (Å²) in [6.45, 7) is 4.76. The normalized spacial score (nSPS) is 14.2. The molecule has 0 aliphatic carbocycles. The number of nitro groups is 1. The molecule has 6 nitrogen and oxygen atoms in total. The zero-order chi connectivity index (χ0) is 16.4. The highest BCUT2D eigenvalue weighted by Gasteiger charge is 2.24. The van der Waals surface area contributed by atoms with Crippen molar-refractivity contribution in [3.63, 3.8) is 0 Å². The standard InChI is InChI=1S/C16H18N2O4S/c1-10(2)16(15-4-3-5-23-15)17-8-11-6-13-14(22-9-21-13)7-12(11)18(19)20/h3-7,10,16-17H,8-9H2,1-2H3. The van der Waals surface area contributed by atoms with Gasteiger partial charge in [-0.25, -0.2) is 0 Å². The van der Waals surface area contributed by atoms with Crippen LogP contribution >= 0.6 is 11.3 Å². The van der Waals surface area contributed by atoms with E-state index in [0.717, 1.165) is 0 Å². The van der Waals surface area contributed by atoms with Gasteiger partial charge in [0.1, 0.15) is 0 Å². The quantitative estimate of drug-likeness (QED) is 0.641. The van der Waals surface area contributed by atoms with Crippen molar-refractivity contribution in [3.05, 3.63) is 50.2 Å². The molecule has 0 bridgehead atoms. The van der Waals surface area contributed by atoms with E-state index in [2.05, 4.69) is 25.2 Å². The van der Waals surface area contributed by atoms with Crippen molar-refractivity contribution >= 4 is 17.0 Å². The van der Waals surface area contributed by atoms with Crippen LogP contribution in [0, 0.1) is 16.0 Å². The van der Waals surface area contributed by atoms with Crippen molar-refractivity contribution in [1.82, 2.24) is 5.32 Å². The first-order valence-corrected chi connectivity index (χ1v) is 8.28. The van der Waals surface area contributed by atoms with E-state index in [1.165, 1.54) is 10.9 Å². The molecule has 2 heterocycles. The highest BCUT2D eigenvalue weighted by Crippen LogP contribution is 2.38. The summed E-state index contributed by atoms with van der Waals surface area (Å²) in [6, 6.07) is 7.38. The van der Waals surface area contributed by atoms with Crippen LogP contribution in [0.25, 0.3) is 0 Å². The predicted molar refractivity (Wildman–Crippen MR) is 88.0 cm³/mol. The molecule has 1 aromatic heterocycles. The zero-order valence-corrected chi connectivity index (χ0v) is 13.8. The van der Waals surface area contributed by atoms with Crippen LogP contribution in [0.1, 0.15) is 30.3 Å². The Bertz CT molecular complexity index is 700. The Morgan fingerprint density at radius 2 is 2.09 bits per heavy atom. The van der Waals surface area contributed by atoms with E-state index >= 15 is 0 Å². The maximum atomic E-state index is 11.3. The van der Waals surface area contributed by atoms with Crippen molar-refractivity contribution < 1.29 is 14.4 Å². The summed E-state index contributed by atoms with van der Waals surface area (Å²) in [5.41, 5.74) is 0.650. The molecule has 1 N–H and O–H groups in total. The fourth-order valence-electron chi connectivity index (χ4n) is 2.64. The number of fused-ring (bicyclic) bond motifs is 1. The van der Waals surface area contributed by atoms with E-state index in [1.54, 1.807) is 17.4 Å². The molecule has 0 amide bonds. The summed E-state index contributed by atoms with van der Waals surface area (Å²) < 4.78 is 10.6. The van der Waals surface area contributed by atoms with Crippen LogP contribution in [0.2, 0.25) is 0 Å². The Labute approximate surface area is 138 Å².